The fraction of sp³-hybridized carbons (Fsp3) is 1.00. The molecule has 0 aromatic carbocycles. The largest absolute Gasteiger partial charge is 0.316 e. The summed E-state index contributed by atoms with van der Waals surface area (Å²) in [5.41, 5.74) is 0.616. The Morgan fingerprint density at radius 1 is 1.00 bits per heavy atom. The van der Waals surface area contributed by atoms with E-state index in [0.29, 0.717) is 5.41 Å². The Balaban J connectivity index is 1.48. The number of nitrogens with zero attached hydrogens (tertiary/aromatic N) is 1. The molecule has 0 atom stereocenters. The first-order valence-corrected chi connectivity index (χ1v) is 7.72. The lowest BCUT2D eigenvalue weighted by Gasteiger charge is -2.27. The van der Waals surface area contributed by atoms with Gasteiger partial charge in [0.25, 0.3) is 0 Å². The highest BCUT2D eigenvalue weighted by Crippen LogP contribution is 2.36. The van der Waals surface area contributed by atoms with Crippen LogP contribution in [0.4, 0.5) is 0 Å². The summed E-state index contributed by atoms with van der Waals surface area (Å²) in [6.45, 7) is 8.91. The summed E-state index contributed by atoms with van der Waals surface area (Å²) in [4.78, 5) is 2.64. The molecule has 0 bridgehead atoms. The summed E-state index contributed by atoms with van der Waals surface area (Å²) in [6.07, 6.45) is 11.4. The van der Waals surface area contributed by atoms with Crippen LogP contribution in [0.3, 0.4) is 0 Å². The minimum Gasteiger partial charge on any atom is -0.316 e. The highest BCUT2D eigenvalue weighted by molar-refractivity contribution is 4.82. The molecule has 0 aromatic heterocycles. The van der Waals surface area contributed by atoms with E-state index in [-0.39, 0.29) is 0 Å². The summed E-state index contributed by atoms with van der Waals surface area (Å²) < 4.78 is 0. The van der Waals surface area contributed by atoms with Crippen molar-refractivity contribution in [3.63, 3.8) is 0 Å². The maximum absolute atomic E-state index is 3.68. The Morgan fingerprint density at radius 2 is 1.71 bits per heavy atom. The second-order valence-electron chi connectivity index (χ2n) is 6.45. The zero-order valence-electron chi connectivity index (χ0n) is 11.6. The first kappa shape index (κ1) is 13.4. The molecular weight excluding hydrogens is 208 g/mol. The van der Waals surface area contributed by atoms with E-state index < -0.39 is 0 Å². The van der Waals surface area contributed by atoms with E-state index in [2.05, 4.69) is 17.1 Å². The van der Waals surface area contributed by atoms with Crippen LogP contribution < -0.4 is 5.32 Å². The second kappa shape index (κ2) is 6.75. The number of nitrogens with one attached hydrogen (secondary N) is 1. The Hall–Kier alpha value is -0.0800. The van der Waals surface area contributed by atoms with Crippen LogP contribution in [0.1, 0.15) is 58.3 Å². The molecule has 2 aliphatic rings. The van der Waals surface area contributed by atoms with Gasteiger partial charge < -0.3 is 10.2 Å². The summed E-state index contributed by atoms with van der Waals surface area (Å²) in [5, 5.41) is 3.68. The van der Waals surface area contributed by atoms with Gasteiger partial charge in [-0.05, 0) is 63.7 Å². The third kappa shape index (κ3) is 4.59. The van der Waals surface area contributed by atoms with Gasteiger partial charge in [0.1, 0.15) is 0 Å². The van der Waals surface area contributed by atoms with Crippen LogP contribution in [0.25, 0.3) is 0 Å². The van der Waals surface area contributed by atoms with Crippen LogP contribution in [0.5, 0.6) is 0 Å². The van der Waals surface area contributed by atoms with E-state index in [4.69, 9.17) is 0 Å². The van der Waals surface area contributed by atoms with E-state index in [1.54, 1.807) is 0 Å². The van der Waals surface area contributed by atoms with Crippen molar-refractivity contribution in [3.05, 3.63) is 0 Å². The van der Waals surface area contributed by atoms with Crippen molar-refractivity contribution in [2.45, 2.75) is 58.3 Å². The quantitative estimate of drug-likeness (QED) is 0.716. The molecule has 1 N–H and O–H groups in total. The third-order valence-corrected chi connectivity index (χ3v) is 4.64. The Bertz CT molecular complexity index is 203. The van der Waals surface area contributed by atoms with E-state index in [1.165, 1.54) is 84.1 Å². The number of hydrogen-bond acceptors (Lipinski definition) is 2. The molecule has 0 amide bonds. The molecule has 1 heterocycles. The number of piperidine rings is 1. The summed E-state index contributed by atoms with van der Waals surface area (Å²) in [7, 11) is 0. The number of hydrogen-bond donors (Lipinski definition) is 1. The van der Waals surface area contributed by atoms with Crippen LogP contribution in [-0.2, 0) is 0 Å². The van der Waals surface area contributed by atoms with Gasteiger partial charge >= 0.3 is 0 Å². The fourth-order valence-corrected chi connectivity index (χ4v) is 3.41. The van der Waals surface area contributed by atoms with Gasteiger partial charge in [-0.25, -0.2) is 0 Å². The molecule has 1 aliphatic carbocycles. The van der Waals surface area contributed by atoms with Gasteiger partial charge in [-0.3, -0.25) is 0 Å². The first-order valence-electron chi connectivity index (χ1n) is 7.72. The smallest absolute Gasteiger partial charge is 0.000517 e. The van der Waals surface area contributed by atoms with E-state index >= 15 is 0 Å². The maximum atomic E-state index is 3.68. The predicted octanol–water partition coefficient (Wildman–Crippen LogP) is 3.03. The molecule has 1 saturated carbocycles. The number of likely N-dealkylation sites (tertiary alicyclic amines) is 1. The molecule has 0 radical (unpaired) electrons. The molecule has 0 spiro atoms. The average molecular weight is 238 g/mol. The second-order valence-corrected chi connectivity index (χ2v) is 6.45. The van der Waals surface area contributed by atoms with Gasteiger partial charge in [-0.1, -0.05) is 26.2 Å². The molecule has 100 valence electrons. The molecule has 0 unspecified atom stereocenters. The lowest BCUT2D eigenvalue weighted by Crippen LogP contribution is -2.34. The van der Waals surface area contributed by atoms with E-state index in [0.717, 1.165) is 0 Å². The normalized spacial score (nSPS) is 25.2. The molecule has 2 nitrogen and oxygen atoms in total. The highest BCUT2D eigenvalue weighted by atomic mass is 15.1. The summed E-state index contributed by atoms with van der Waals surface area (Å²) >= 11 is 0. The molecular formula is C15H30N2. The van der Waals surface area contributed by atoms with Crippen LogP contribution in [0.2, 0.25) is 0 Å². The lowest BCUT2D eigenvalue weighted by molar-refractivity contribution is 0.223. The van der Waals surface area contributed by atoms with Gasteiger partial charge in [-0.15, -0.1) is 0 Å². The van der Waals surface area contributed by atoms with Crippen molar-refractivity contribution in [1.82, 2.24) is 10.2 Å². The standard InChI is InChI=1S/C15H30N2/c1-15(8-3-4-9-15)14-16-10-7-13-17-11-5-2-6-12-17/h16H,2-14H2,1H3. The van der Waals surface area contributed by atoms with Gasteiger partial charge in [0.15, 0.2) is 0 Å². The van der Waals surface area contributed by atoms with Crippen LogP contribution in [0, 0.1) is 5.41 Å². The van der Waals surface area contributed by atoms with Crippen LogP contribution >= 0.6 is 0 Å². The van der Waals surface area contributed by atoms with E-state index in [1.807, 2.05) is 0 Å². The highest BCUT2D eigenvalue weighted by Gasteiger charge is 2.27. The molecule has 17 heavy (non-hydrogen) atoms. The summed E-state index contributed by atoms with van der Waals surface area (Å²) in [6, 6.07) is 0. The SMILES string of the molecule is CC1(CNCCCN2CCCCC2)CCCC1. The van der Waals surface area contributed by atoms with Crippen molar-refractivity contribution in [2.24, 2.45) is 5.41 Å². The van der Waals surface area contributed by atoms with Crippen molar-refractivity contribution >= 4 is 0 Å². The Kier molecular flexibility index (Phi) is 5.30. The third-order valence-electron chi connectivity index (χ3n) is 4.64. The summed E-state index contributed by atoms with van der Waals surface area (Å²) in [5.74, 6) is 0. The zero-order valence-corrected chi connectivity index (χ0v) is 11.6. The van der Waals surface area contributed by atoms with Gasteiger partial charge in [-0.2, -0.15) is 0 Å². The molecule has 2 fully saturated rings. The van der Waals surface area contributed by atoms with E-state index in [9.17, 15) is 0 Å². The topological polar surface area (TPSA) is 15.3 Å². The molecule has 1 saturated heterocycles. The monoisotopic (exact) mass is 238 g/mol. The fourth-order valence-electron chi connectivity index (χ4n) is 3.41. The first-order chi connectivity index (χ1) is 8.29. The minimum atomic E-state index is 0.616. The van der Waals surface area contributed by atoms with Crippen molar-refractivity contribution < 1.29 is 0 Å². The molecule has 1 aliphatic heterocycles. The zero-order chi connectivity index (χ0) is 12.0. The predicted molar refractivity (Wildman–Crippen MR) is 74.4 cm³/mol. The average Bonchev–Trinajstić information content (AvgIpc) is 2.77. The van der Waals surface area contributed by atoms with Gasteiger partial charge in [0.2, 0.25) is 0 Å². The van der Waals surface area contributed by atoms with Crippen molar-refractivity contribution in [1.29, 1.82) is 0 Å². The van der Waals surface area contributed by atoms with Crippen LogP contribution in [-0.4, -0.2) is 37.6 Å². The molecule has 2 heteroatoms. The molecule has 0 aromatic rings. The van der Waals surface area contributed by atoms with Crippen LogP contribution in [0.15, 0.2) is 0 Å². The van der Waals surface area contributed by atoms with Gasteiger partial charge in [0.05, 0.1) is 0 Å². The Labute approximate surface area is 107 Å². The van der Waals surface area contributed by atoms with Crippen molar-refractivity contribution in [2.75, 3.05) is 32.7 Å². The number of rotatable bonds is 6. The lowest BCUT2D eigenvalue weighted by atomic mass is 9.89. The minimum absolute atomic E-state index is 0.616. The van der Waals surface area contributed by atoms with Crippen molar-refractivity contribution in [3.8, 4) is 0 Å². The Morgan fingerprint density at radius 3 is 2.41 bits per heavy atom. The maximum Gasteiger partial charge on any atom is 0.000517 e. The van der Waals surface area contributed by atoms with Gasteiger partial charge in [0, 0.05) is 6.54 Å². The molecule has 2 rings (SSSR count).